The monoisotopic (exact) mass is 454 g/mol. The van der Waals surface area contributed by atoms with Gasteiger partial charge in [-0.1, -0.05) is 48.5 Å². The summed E-state index contributed by atoms with van der Waals surface area (Å²) in [5.74, 6) is -0.839. The highest BCUT2D eigenvalue weighted by molar-refractivity contribution is 6.02. The molecule has 5 rings (SSSR count). The second-order valence-electron chi connectivity index (χ2n) is 7.83. The standard InChI is InChI=1S/C26H19FN4O3/c27-19-12-10-17(11-13-19)15-31-25(33)24-22(9-4-14-28-24)30(26(31)34)16-23(32)29-21-8-3-6-18-5-1-2-7-20(18)21/h1-14H,15-16H2,(H,29,32). The van der Waals surface area contributed by atoms with Crippen molar-refractivity contribution in [2.75, 3.05) is 5.32 Å². The van der Waals surface area contributed by atoms with E-state index in [9.17, 15) is 18.8 Å². The highest BCUT2D eigenvalue weighted by Crippen LogP contribution is 2.23. The van der Waals surface area contributed by atoms with Crippen molar-refractivity contribution < 1.29 is 9.18 Å². The highest BCUT2D eigenvalue weighted by atomic mass is 19.1. The smallest absolute Gasteiger partial charge is 0.324 e. The van der Waals surface area contributed by atoms with Gasteiger partial charge in [-0.3, -0.25) is 18.7 Å². The number of pyridine rings is 1. The molecule has 3 aromatic carbocycles. The lowest BCUT2D eigenvalue weighted by molar-refractivity contribution is -0.116. The SMILES string of the molecule is O=C(Cn1c(=O)n(Cc2ccc(F)cc2)c(=O)c2ncccc21)Nc1cccc2ccccc12. The Bertz CT molecular complexity index is 1650. The van der Waals surface area contributed by atoms with E-state index < -0.39 is 23.0 Å². The summed E-state index contributed by atoms with van der Waals surface area (Å²) in [6, 6.07) is 21.9. The van der Waals surface area contributed by atoms with Crippen molar-refractivity contribution in [1.82, 2.24) is 14.1 Å². The molecular weight excluding hydrogens is 435 g/mol. The van der Waals surface area contributed by atoms with Crippen LogP contribution >= 0.6 is 0 Å². The molecule has 0 fully saturated rings. The highest BCUT2D eigenvalue weighted by Gasteiger charge is 2.17. The minimum Gasteiger partial charge on any atom is -0.324 e. The zero-order valence-electron chi connectivity index (χ0n) is 17.9. The van der Waals surface area contributed by atoms with Crippen LogP contribution in [-0.2, 0) is 17.9 Å². The summed E-state index contributed by atoms with van der Waals surface area (Å²) in [6.45, 7) is -0.386. The Morgan fingerprint density at radius 1 is 0.882 bits per heavy atom. The summed E-state index contributed by atoms with van der Waals surface area (Å²) in [5.41, 5.74) is 0.308. The largest absolute Gasteiger partial charge is 0.332 e. The second-order valence-corrected chi connectivity index (χ2v) is 7.83. The van der Waals surface area contributed by atoms with E-state index >= 15 is 0 Å². The van der Waals surface area contributed by atoms with E-state index in [4.69, 9.17) is 0 Å². The number of nitrogens with one attached hydrogen (secondary N) is 1. The third kappa shape index (κ3) is 3.97. The number of rotatable bonds is 5. The van der Waals surface area contributed by atoms with Crippen molar-refractivity contribution in [3.8, 4) is 0 Å². The molecular formula is C26H19FN4O3. The Hall–Kier alpha value is -4.59. The van der Waals surface area contributed by atoms with Crippen LogP contribution in [0.1, 0.15) is 5.56 Å². The third-order valence-corrected chi connectivity index (χ3v) is 5.61. The van der Waals surface area contributed by atoms with Crippen LogP contribution in [0, 0.1) is 5.82 Å². The van der Waals surface area contributed by atoms with Gasteiger partial charge in [-0.05, 0) is 41.3 Å². The molecule has 1 N–H and O–H groups in total. The first kappa shape index (κ1) is 21.3. The van der Waals surface area contributed by atoms with Crippen molar-refractivity contribution >= 4 is 33.4 Å². The maximum Gasteiger partial charge on any atom is 0.332 e. The quantitative estimate of drug-likeness (QED) is 0.440. The Labute approximate surface area is 192 Å². The van der Waals surface area contributed by atoms with Crippen molar-refractivity contribution in [1.29, 1.82) is 0 Å². The molecule has 168 valence electrons. The van der Waals surface area contributed by atoms with Gasteiger partial charge >= 0.3 is 5.69 Å². The van der Waals surface area contributed by atoms with Crippen LogP contribution in [-0.4, -0.2) is 20.0 Å². The minimum absolute atomic E-state index is 0.0715. The molecule has 7 nitrogen and oxygen atoms in total. The van der Waals surface area contributed by atoms with Crippen LogP contribution in [0.2, 0.25) is 0 Å². The van der Waals surface area contributed by atoms with E-state index in [2.05, 4.69) is 10.3 Å². The van der Waals surface area contributed by atoms with E-state index in [1.807, 2.05) is 36.4 Å². The van der Waals surface area contributed by atoms with Gasteiger partial charge in [-0.25, -0.2) is 14.2 Å². The van der Waals surface area contributed by atoms with Gasteiger partial charge in [0.25, 0.3) is 5.56 Å². The normalized spacial score (nSPS) is 11.1. The van der Waals surface area contributed by atoms with Crippen molar-refractivity contribution in [2.24, 2.45) is 0 Å². The average molecular weight is 454 g/mol. The number of benzene rings is 3. The summed E-state index contributed by atoms with van der Waals surface area (Å²) >= 11 is 0. The molecule has 0 atom stereocenters. The molecule has 0 aliphatic heterocycles. The molecule has 0 spiro atoms. The molecule has 8 heteroatoms. The van der Waals surface area contributed by atoms with Crippen LogP contribution in [0.4, 0.5) is 10.1 Å². The maximum atomic E-state index is 13.3. The van der Waals surface area contributed by atoms with E-state index in [0.717, 1.165) is 15.3 Å². The number of aromatic nitrogens is 3. The minimum atomic E-state index is -0.650. The summed E-state index contributed by atoms with van der Waals surface area (Å²) in [6.07, 6.45) is 1.46. The van der Waals surface area contributed by atoms with Crippen molar-refractivity contribution in [2.45, 2.75) is 13.1 Å². The number of nitrogens with zero attached hydrogens (tertiary/aromatic N) is 3. The topological polar surface area (TPSA) is 86.0 Å². The van der Waals surface area contributed by atoms with Crippen LogP contribution in [0.3, 0.4) is 0 Å². The predicted octanol–water partition coefficient (Wildman–Crippen LogP) is 3.54. The van der Waals surface area contributed by atoms with E-state index in [1.165, 1.54) is 35.0 Å². The number of carbonyl (C=O) groups is 1. The molecule has 1 amide bonds. The number of amides is 1. The van der Waals surface area contributed by atoms with Crippen molar-refractivity contribution in [3.05, 3.63) is 117 Å². The van der Waals surface area contributed by atoms with Gasteiger partial charge in [-0.2, -0.15) is 0 Å². The van der Waals surface area contributed by atoms with Gasteiger partial charge < -0.3 is 5.32 Å². The fourth-order valence-electron chi connectivity index (χ4n) is 3.98. The number of hydrogen-bond acceptors (Lipinski definition) is 4. The fraction of sp³-hybridized carbons (Fsp3) is 0.0769. The molecule has 0 aliphatic carbocycles. The summed E-state index contributed by atoms with van der Waals surface area (Å²) in [4.78, 5) is 43.5. The Balaban J connectivity index is 1.54. The van der Waals surface area contributed by atoms with E-state index in [-0.39, 0.29) is 24.1 Å². The molecule has 34 heavy (non-hydrogen) atoms. The van der Waals surface area contributed by atoms with Gasteiger partial charge in [0.1, 0.15) is 12.4 Å². The number of halogens is 1. The van der Waals surface area contributed by atoms with E-state index in [0.29, 0.717) is 11.3 Å². The zero-order chi connectivity index (χ0) is 23.7. The number of carbonyl (C=O) groups excluding carboxylic acids is 1. The van der Waals surface area contributed by atoms with Gasteiger partial charge in [0.15, 0.2) is 5.52 Å². The van der Waals surface area contributed by atoms with Crippen LogP contribution in [0.5, 0.6) is 0 Å². The number of fused-ring (bicyclic) bond motifs is 2. The zero-order valence-corrected chi connectivity index (χ0v) is 17.9. The summed E-state index contributed by atoms with van der Waals surface area (Å²) < 4.78 is 15.5. The lowest BCUT2D eigenvalue weighted by Crippen LogP contribution is -2.42. The van der Waals surface area contributed by atoms with Gasteiger partial charge in [0, 0.05) is 17.3 Å². The molecule has 0 saturated heterocycles. The second kappa shape index (κ2) is 8.74. The van der Waals surface area contributed by atoms with Gasteiger partial charge in [0.05, 0.1) is 12.1 Å². The Kier molecular flexibility index (Phi) is 5.47. The summed E-state index contributed by atoms with van der Waals surface area (Å²) in [5, 5.41) is 4.71. The summed E-state index contributed by atoms with van der Waals surface area (Å²) in [7, 11) is 0. The van der Waals surface area contributed by atoms with E-state index in [1.54, 1.807) is 18.2 Å². The molecule has 0 saturated carbocycles. The first-order chi connectivity index (χ1) is 16.5. The molecule has 0 bridgehead atoms. The van der Waals surface area contributed by atoms with Crippen LogP contribution < -0.4 is 16.6 Å². The molecule has 0 aliphatic rings. The average Bonchev–Trinajstić information content (AvgIpc) is 2.86. The van der Waals surface area contributed by atoms with Crippen LogP contribution in [0.15, 0.2) is 94.6 Å². The Morgan fingerprint density at radius 2 is 1.65 bits per heavy atom. The molecule has 5 aromatic rings. The molecule has 2 heterocycles. The molecule has 0 unspecified atom stereocenters. The molecule has 2 aromatic heterocycles. The van der Waals surface area contributed by atoms with Gasteiger partial charge in [0.2, 0.25) is 5.91 Å². The number of anilines is 1. The Morgan fingerprint density at radius 3 is 2.47 bits per heavy atom. The fourth-order valence-corrected chi connectivity index (χ4v) is 3.98. The first-order valence-electron chi connectivity index (χ1n) is 10.6. The van der Waals surface area contributed by atoms with Gasteiger partial charge in [-0.15, -0.1) is 0 Å². The third-order valence-electron chi connectivity index (χ3n) is 5.61. The van der Waals surface area contributed by atoms with Crippen molar-refractivity contribution in [3.63, 3.8) is 0 Å². The number of hydrogen-bond donors (Lipinski definition) is 1. The first-order valence-corrected chi connectivity index (χ1v) is 10.6. The lowest BCUT2D eigenvalue weighted by Gasteiger charge is -2.14. The lowest BCUT2D eigenvalue weighted by atomic mass is 10.1. The maximum absolute atomic E-state index is 13.3. The van der Waals surface area contributed by atoms with Crippen LogP contribution in [0.25, 0.3) is 21.8 Å². The molecule has 0 radical (unpaired) electrons. The predicted molar refractivity (Wildman–Crippen MR) is 128 cm³/mol.